The van der Waals surface area contributed by atoms with Gasteiger partial charge in [-0.15, -0.1) is 24.9 Å². The van der Waals surface area contributed by atoms with E-state index in [1.807, 2.05) is 5.32 Å². The Balaban J connectivity index is 2.68. The van der Waals surface area contributed by atoms with Gasteiger partial charge in [0, 0.05) is 10.6 Å². The van der Waals surface area contributed by atoms with Gasteiger partial charge in [-0.1, -0.05) is 12.1 Å². The normalized spacial score (nSPS) is 11.9. The van der Waals surface area contributed by atoms with Crippen molar-refractivity contribution in [2.24, 2.45) is 0 Å². The van der Waals surface area contributed by atoms with Gasteiger partial charge in [-0.2, -0.15) is 5.26 Å². The van der Waals surface area contributed by atoms with Crippen LogP contribution in [0.15, 0.2) is 29.2 Å². The van der Waals surface area contributed by atoms with Crippen LogP contribution in [0.25, 0.3) is 0 Å². The van der Waals surface area contributed by atoms with Crippen LogP contribution in [0.3, 0.4) is 0 Å². The summed E-state index contributed by atoms with van der Waals surface area (Å²) in [5, 5.41) is 21.4. The minimum atomic E-state index is -4.83. The Morgan fingerprint density at radius 2 is 2.04 bits per heavy atom. The first kappa shape index (κ1) is 20.4. The van der Waals surface area contributed by atoms with E-state index in [0.29, 0.717) is 0 Å². The van der Waals surface area contributed by atoms with Crippen molar-refractivity contribution in [2.45, 2.75) is 23.7 Å². The molecule has 0 saturated carbocycles. The molecule has 1 aromatic rings. The average Bonchev–Trinajstić information content (AvgIpc) is 2.51. The zero-order chi connectivity index (χ0) is 18.9. The highest BCUT2D eigenvalue weighted by Crippen LogP contribution is 2.33. The van der Waals surface area contributed by atoms with Crippen molar-refractivity contribution < 1.29 is 32.6 Å². The molecule has 0 fully saturated rings. The van der Waals surface area contributed by atoms with Crippen molar-refractivity contribution >= 4 is 23.8 Å². The van der Waals surface area contributed by atoms with Crippen molar-refractivity contribution in [2.75, 3.05) is 12.3 Å². The molecule has 0 bridgehead atoms. The van der Waals surface area contributed by atoms with Crippen molar-refractivity contribution in [3.8, 4) is 11.8 Å². The van der Waals surface area contributed by atoms with Gasteiger partial charge in [0.15, 0.2) is 0 Å². The van der Waals surface area contributed by atoms with Gasteiger partial charge in [0.05, 0.1) is 6.07 Å². The zero-order valence-electron chi connectivity index (χ0n) is 12.7. The van der Waals surface area contributed by atoms with Crippen LogP contribution in [0.4, 0.5) is 18.0 Å². The number of halogens is 3. The molecule has 0 aliphatic rings. The SMILES string of the molecule is N#CCNC(=O)[C@H](CCSc1ccccc1OC(F)(F)F)NC(=O)O. The number of carboxylic acid groups (broad SMARTS) is 1. The summed E-state index contributed by atoms with van der Waals surface area (Å²) < 4.78 is 41.0. The van der Waals surface area contributed by atoms with Gasteiger partial charge in [-0.05, 0) is 18.6 Å². The summed E-state index contributed by atoms with van der Waals surface area (Å²) in [6.07, 6.45) is -6.25. The number of nitriles is 1. The lowest BCUT2D eigenvalue weighted by molar-refractivity contribution is -0.275. The van der Waals surface area contributed by atoms with Crippen LogP contribution in [-0.2, 0) is 4.79 Å². The topological polar surface area (TPSA) is 111 Å². The van der Waals surface area contributed by atoms with Crippen LogP contribution in [0.2, 0.25) is 0 Å². The summed E-state index contributed by atoms with van der Waals surface area (Å²) in [6.45, 7) is -0.286. The molecule has 2 amide bonds. The molecule has 0 unspecified atom stereocenters. The summed E-state index contributed by atoms with van der Waals surface area (Å²) in [7, 11) is 0. The van der Waals surface area contributed by atoms with Gasteiger partial charge >= 0.3 is 12.5 Å². The van der Waals surface area contributed by atoms with Crippen LogP contribution in [0, 0.1) is 11.3 Å². The summed E-state index contributed by atoms with van der Waals surface area (Å²) in [5.74, 6) is -0.926. The largest absolute Gasteiger partial charge is 0.573 e. The number of nitrogens with one attached hydrogen (secondary N) is 2. The third-order valence-corrected chi connectivity index (χ3v) is 3.78. The molecular weight excluding hydrogens is 363 g/mol. The molecule has 0 spiro atoms. The van der Waals surface area contributed by atoms with E-state index in [9.17, 15) is 22.8 Å². The van der Waals surface area contributed by atoms with Gasteiger partial charge in [0.25, 0.3) is 0 Å². The number of ether oxygens (including phenoxy) is 1. The fourth-order valence-corrected chi connectivity index (χ4v) is 2.73. The number of hydrogen-bond acceptors (Lipinski definition) is 5. The van der Waals surface area contributed by atoms with Crippen LogP contribution >= 0.6 is 11.8 Å². The van der Waals surface area contributed by atoms with E-state index in [4.69, 9.17) is 10.4 Å². The maximum Gasteiger partial charge on any atom is 0.573 e. The third kappa shape index (κ3) is 8.16. The fourth-order valence-electron chi connectivity index (χ4n) is 1.73. The van der Waals surface area contributed by atoms with Gasteiger partial charge in [0.2, 0.25) is 5.91 Å². The Morgan fingerprint density at radius 1 is 1.36 bits per heavy atom. The summed E-state index contributed by atoms with van der Waals surface area (Å²) in [5.41, 5.74) is 0. The van der Waals surface area contributed by atoms with E-state index in [-0.39, 0.29) is 29.4 Å². The Labute approximate surface area is 145 Å². The van der Waals surface area contributed by atoms with E-state index in [1.165, 1.54) is 18.2 Å². The molecule has 0 aliphatic carbocycles. The number of nitrogens with zero attached hydrogens (tertiary/aromatic N) is 1. The van der Waals surface area contributed by atoms with E-state index >= 15 is 0 Å². The predicted octanol–water partition coefficient (Wildman–Crippen LogP) is 2.34. The fraction of sp³-hybridized carbons (Fsp3) is 0.357. The first-order valence-electron chi connectivity index (χ1n) is 6.84. The van der Waals surface area contributed by atoms with Crippen molar-refractivity contribution in [1.29, 1.82) is 5.26 Å². The molecular formula is C14H14F3N3O4S. The third-order valence-electron chi connectivity index (χ3n) is 2.69. The second-order valence-corrected chi connectivity index (χ2v) is 5.65. The summed E-state index contributed by atoms with van der Waals surface area (Å²) in [6, 6.07) is 6.04. The highest BCUT2D eigenvalue weighted by Gasteiger charge is 2.32. The van der Waals surface area contributed by atoms with Crippen molar-refractivity contribution in [3.63, 3.8) is 0 Å². The molecule has 3 N–H and O–H groups in total. The summed E-state index contributed by atoms with van der Waals surface area (Å²) in [4.78, 5) is 22.7. The molecule has 0 heterocycles. The molecule has 136 valence electrons. The molecule has 11 heteroatoms. The number of carbonyl (C=O) groups excluding carboxylic acids is 1. The lowest BCUT2D eigenvalue weighted by atomic mass is 10.2. The quantitative estimate of drug-likeness (QED) is 0.474. The van der Waals surface area contributed by atoms with Crippen LogP contribution < -0.4 is 15.4 Å². The first-order valence-corrected chi connectivity index (χ1v) is 7.83. The highest BCUT2D eigenvalue weighted by atomic mass is 32.2. The number of alkyl halides is 3. The van der Waals surface area contributed by atoms with Gasteiger partial charge in [-0.25, -0.2) is 4.79 Å². The molecule has 1 atom stereocenters. The second kappa shape index (κ2) is 9.63. The predicted molar refractivity (Wildman–Crippen MR) is 82.0 cm³/mol. The van der Waals surface area contributed by atoms with E-state index in [2.05, 4.69) is 10.1 Å². The minimum Gasteiger partial charge on any atom is -0.465 e. The van der Waals surface area contributed by atoms with Crippen LogP contribution in [0.1, 0.15) is 6.42 Å². The molecule has 1 aromatic carbocycles. The molecule has 25 heavy (non-hydrogen) atoms. The number of carbonyl (C=O) groups is 2. The van der Waals surface area contributed by atoms with Gasteiger partial charge < -0.3 is 20.5 Å². The zero-order valence-corrected chi connectivity index (χ0v) is 13.5. The van der Waals surface area contributed by atoms with Crippen LogP contribution in [0.5, 0.6) is 5.75 Å². The number of rotatable bonds is 8. The molecule has 7 nitrogen and oxygen atoms in total. The molecule has 0 aromatic heterocycles. The molecule has 0 radical (unpaired) electrons. The van der Waals surface area contributed by atoms with Crippen molar-refractivity contribution in [3.05, 3.63) is 24.3 Å². The molecule has 0 saturated heterocycles. The Morgan fingerprint density at radius 3 is 2.64 bits per heavy atom. The second-order valence-electron chi connectivity index (χ2n) is 4.51. The van der Waals surface area contributed by atoms with Gasteiger partial charge in [-0.3, -0.25) is 4.79 Å². The van der Waals surface area contributed by atoms with E-state index in [0.717, 1.165) is 17.8 Å². The van der Waals surface area contributed by atoms with Gasteiger partial charge in [0.1, 0.15) is 18.3 Å². The van der Waals surface area contributed by atoms with E-state index in [1.54, 1.807) is 6.07 Å². The molecule has 1 rings (SSSR count). The number of para-hydroxylation sites is 1. The number of amides is 2. The number of hydrogen-bond donors (Lipinski definition) is 3. The monoisotopic (exact) mass is 377 g/mol. The Bertz CT molecular complexity index is 649. The van der Waals surface area contributed by atoms with E-state index < -0.39 is 24.4 Å². The Hall–Kier alpha value is -2.61. The van der Waals surface area contributed by atoms with Crippen molar-refractivity contribution in [1.82, 2.24) is 10.6 Å². The minimum absolute atomic E-state index is 0.00851. The maximum atomic E-state index is 12.4. The Kier molecular flexibility index (Phi) is 7.87. The lowest BCUT2D eigenvalue weighted by Gasteiger charge is -2.16. The molecule has 0 aliphatic heterocycles. The average molecular weight is 377 g/mol. The smallest absolute Gasteiger partial charge is 0.465 e. The highest BCUT2D eigenvalue weighted by molar-refractivity contribution is 7.99. The summed E-state index contributed by atoms with van der Waals surface area (Å²) >= 11 is 0.981. The first-order chi connectivity index (χ1) is 11.7. The van der Waals surface area contributed by atoms with Crippen LogP contribution in [-0.4, -0.2) is 41.8 Å². The standard InChI is InChI=1S/C14H14F3N3O4S/c15-14(16,17)24-10-3-1-2-4-11(10)25-8-5-9(20-13(22)23)12(21)19-7-6-18/h1-4,9,20H,5,7-8H2,(H,19,21)(H,22,23)/t9-/m0/s1. The number of benzene rings is 1. The maximum absolute atomic E-state index is 12.4. The lowest BCUT2D eigenvalue weighted by Crippen LogP contribution is -2.46. The number of thioether (sulfide) groups is 1.